The molecule has 1 unspecified atom stereocenters. The molecule has 2 amide bonds. The highest BCUT2D eigenvalue weighted by molar-refractivity contribution is 6.03. The molecule has 0 radical (unpaired) electrons. The minimum atomic E-state index is -1.13. The number of carbonyl (C=O) groups excluding carboxylic acids is 2. The maximum Gasteiger partial charge on any atom is 0.331 e. The van der Waals surface area contributed by atoms with Crippen LogP contribution in [0.15, 0.2) is 11.1 Å². The fourth-order valence-corrected chi connectivity index (χ4v) is 1.55. The van der Waals surface area contributed by atoms with Gasteiger partial charge in [0.1, 0.15) is 6.04 Å². The van der Waals surface area contributed by atoms with Crippen LogP contribution in [0.1, 0.15) is 20.3 Å². The van der Waals surface area contributed by atoms with Crippen molar-refractivity contribution in [3.63, 3.8) is 0 Å². The van der Waals surface area contributed by atoms with Crippen molar-refractivity contribution in [3.8, 4) is 0 Å². The average molecular weight is 240 g/mol. The lowest BCUT2D eigenvalue weighted by atomic mass is 10.1. The molecule has 6 heteroatoms. The summed E-state index contributed by atoms with van der Waals surface area (Å²) < 4.78 is 0. The van der Waals surface area contributed by atoms with Crippen molar-refractivity contribution in [2.24, 2.45) is 0 Å². The van der Waals surface area contributed by atoms with E-state index in [9.17, 15) is 14.4 Å². The summed E-state index contributed by atoms with van der Waals surface area (Å²) >= 11 is 0. The molecular formula is C11H16N2O4. The summed E-state index contributed by atoms with van der Waals surface area (Å²) in [6, 6.07) is -0.538. The quantitative estimate of drug-likeness (QED) is 0.666. The largest absolute Gasteiger partial charge is 0.478 e. The molecule has 0 spiro atoms. The Morgan fingerprint density at radius 3 is 2.35 bits per heavy atom. The van der Waals surface area contributed by atoms with Crippen LogP contribution < -0.4 is 5.32 Å². The highest BCUT2D eigenvalue weighted by Gasteiger charge is 2.30. The van der Waals surface area contributed by atoms with E-state index < -0.39 is 17.9 Å². The lowest BCUT2D eigenvalue weighted by molar-refractivity contribution is -0.133. The van der Waals surface area contributed by atoms with Crippen LogP contribution in [-0.2, 0) is 14.4 Å². The Morgan fingerprint density at radius 2 is 1.94 bits per heavy atom. The van der Waals surface area contributed by atoms with E-state index >= 15 is 0 Å². The number of likely N-dealkylation sites (N-methyl/N-ethyl adjacent to an activating group) is 1. The summed E-state index contributed by atoms with van der Waals surface area (Å²) in [5.74, 6) is -1.77. The number of nitrogens with one attached hydrogen (secondary N) is 1. The Kier molecular flexibility index (Phi) is 3.88. The van der Waals surface area contributed by atoms with E-state index in [-0.39, 0.29) is 17.1 Å². The average Bonchev–Trinajstić information content (AvgIpc) is 2.58. The Morgan fingerprint density at radius 1 is 1.35 bits per heavy atom. The number of aliphatic carboxylic acids is 1. The van der Waals surface area contributed by atoms with E-state index in [0.29, 0.717) is 13.0 Å². The molecular weight excluding hydrogens is 224 g/mol. The summed E-state index contributed by atoms with van der Waals surface area (Å²) in [4.78, 5) is 35.5. The number of amides is 2. The van der Waals surface area contributed by atoms with Gasteiger partial charge in [0.15, 0.2) is 0 Å². The molecule has 1 aliphatic heterocycles. The molecule has 1 fully saturated rings. The monoisotopic (exact) mass is 240 g/mol. The molecule has 0 bridgehead atoms. The number of rotatable bonds is 3. The minimum absolute atomic E-state index is 0.0127. The SMILES string of the molecule is CC(C(=O)O)=C(C)C(=O)NC1CCN(C)C1=O. The third-order valence-corrected chi connectivity index (χ3v) is 2.96. The number of carbonyl (C=O) groups is 3. The summed E-state index contributed by atoms with van der Waals surface area (Å²) in [5.41, 5.74) is 0.112. The third kappa shape index (κ3) is 2.83. The number of likely N-dealkylation sites (tertiary alicyclic amines) is 1. The first-order valence-corrected chi connectivity index (χ1v) is 5.31. The van der Waals surface area contributed by atoms with Gasteiger partial charge in [-0.05, 0) is 20.3 Å². The van der Waals surface area contributed by atoms with Gasteiger partial charge < -0.3 is 15.3 Å². The molecule has 17 heavy (non-hydrogen) atoms. The van der Waals surface area contributed by atoms with Crippen molar-refractivity contribution >= 4 is 17.8 Å². The van der Waals surface area contributed by atoms with Gasteiger partial charge in [0.25, 0.3) is 0 Å². The van der Waals surface area contributed by atoms with Crippen molar-refractivity contribution in [2.45, 2.75) is 26.3 Å². The lowest BCUT2D eigenvalue weighted by Crippen LogP contribution is -2.41. The molecule has 0 saturated carbocycles. The first-order chi connectivity index (χ1) is 7.84. The molecule has 2 N–H and O–H groups in total. The van der Waals surface area contributed by atoms with Crippen LogP contribution in [0.3, 0.4) is 0 Å². The van der Waals surface area contributed by atoms with E-state index in [1.807, 2.05) is 0 Å². The van der Waals surface area contributed by atoms with Crippen LogP contribution in [0, 0.1) is 0 Å². The maximum absolute atomic E-state index is 11.7. The van der Waals surface area contributed by atoms with Gasteiger partial charge in [-0.3, -0.25) is 9.59 Å². The second kappa shape index (κ2) is 4.99. The van der Waals surface area contributed by atoms with Crippen LogP contribution in [0.5, 0.6) is 0 Å². The van der Waals surface area contributed by atoms with E-state index in [1.165, 1.54) is 18.7 Å². The molecule has 94 valence electrons. The van der Waals surface area contributed by atoms with Crippen molar-refractivity contribution in [1.29, 1.82) is 0 Å². The van der Waals surface area contributed by atoms with Crippen LogP contribution >= 0.6 is 0 Å². The van der Waals surface area contributed by atoms with Crippen LogP contribution in [0.4, 0.5) is 0 Å². The Balaban J connectivity index is 2.71. The Hall–Kier alpha value is -1.85. The Labute approximate surface area is 99.3 Å². The second-order valence-corrected chi connectivity index (χ2v) is 4.13. The van der Waals surface area contributed by atoms with Gasteiger partial charge in [0.2, 0.25) is 11.8 Å². The van der Waals surface area contributed by atoms with E-state index in [1.54, 1.807) is 7.05 Å². The normalized spacial score (nSPS) is 21.2. The minimum Gasteiger partial charge on any atom is -0.478 e. The molecule has 1 heterocycles. The second-order valence-electron chi connectivity index (χ2n) is 4.13. The maximum atomic E-state index is 11.7. The third-order valence-electron chi connectivity index (χ3n) is 2.96. The topological polar surface area (TPSA) is 86.7 Å². The van der Waals surface area contributed by atoms with Crippen molar-refractivity contribution in [3.05, 3.63) is 11.1 Å². The lowest BCUT2D eigenvalue weighted by Gasteiger charge is -2.13. The summed E-state index contributed by atoms with van der Waals surface area (Å²) in [5, 5.41) is 11.3. The van der Waals surface area contributed by atoms with Crippen molar-refractivity contribution in [2.75, 3.05) is 13.6 Å². The molecule has 1 aliphatic rings. The highest BCUT2D eigenvalue weighted by Crippen LogP contribution is 2.10. The molecule has 1 saturated heterocycles. The van der Waals surface area contributed by atoms with Gasteiger partial charge in [0.05, 0.1) is 0 Å². The number of hydrogen-bond donors (Lipinski definition) is 2. The highest BCUT2D eigenvalue weighted by atomic mass is 16.4. The fraction of sp³-hybridized carbons (Fsp3) is 0.545. The number of hydrogen-bond acceptors (Lipinski definition) is 3. The zero-order valence-corrected chi connectivity index (χ0v) is 10.1. The van der Waals surface area contributed by atoms with Crippen LogP contribution in [0.25, 0.3) is 0 Å². The number of nitrogens with zero attached hydrogens (tertiary/aromatic N) is 1. The summed E-state index contributed by atoms with van der Waals surface area (Å²) in [6.45, 7) is 3.40. The zero-order chi connectivity index (χ0) is 13.2. The van der Waals surface area contributed by atoms with Gasteiger partial charge in [-0.25, -0.2) is 4.79 Å². The number of carboxylic acid groups (broad SMARTS) is 1. The molecule has 1 rings (SSSR count). The standard InChI is InChI=1S/C11H16N2O4/c1-6(7(2)11(16)17)9(14)12-8-4-5-13(3)10(8)15/h8H,4-5H2,1-3H3,(H,12,14)(H,16,17). The molecule has 1 atom stereocenters. The van der Waals surface area contributed by atoms with Gasteiger partial charge in [-0.15, -0.1) is 0 Å². The van der Waals surface area contributed by atoms with Crippen LogP contribution in [-0.4, -0.2) is 47.4 Å². The molecule has 6 nitrogen and oxygen atoms in total. The smallest absolute Gasteiger partial charge is 0.331 e. The summed E-state index contributed by atoms with van der Waals surface area (Å²) in [6.07, 6.45) is 0.556. The Bertz CT molecular complexity index is 400. The van der Waals surface area contributed by atoms with Crippen LogP contribution in [0.2, 0.25) is 0 Å². The first kappa shape index (κ1) is 13.2. The van der Waals surface area contributed by atoms with Crippen molar-refractivity contribution < 1.29 is 19.5 Å². The predicted molar refractivity (Wildman–Crippen MR) is 60.2 cm³/mol. The predicted octanol–water partition coefficient (Wildman–Crippen LogP) is -0.246. The fourth-order valence-electron chi connectivity index (χ4n) is 1.55. The van der Waals surface area contributed by atoms with E-state index in [0.717, 1.165) is 0 Å². The van der Waals surface area contributed by atoms with Gasteiger partial charge in [-0.2, -0.15) is 0 Å². The van der Waals surface area contributed by atoms with E-state index in [2.05, 4.69) is 5.32 Å². The summed E-state index contributed by atoms with van der Waals surface area (Å²) in [7, 11) is 1.67. The zero-order valence-electron chi connectivity index (χ0n) is 10.1. The molecule has 0 aromatic rings. The molecule has 0 aromatic carbocycles. The molecule has 0 aliphatic carbocycles. The van der Waals surface area contributed by atoms with Gasteiger partial charge >= 0.3 is 5.97 Å². The molecule has 0 aromatic heterocycles. The van der Waals surface area contributed by atoms with Gasteiger partial charge in [-0.1, -0.05) is 0 Å². The van der Waals surface area contributed by atoms with E-state index in [4.69, 9.17) is 5.11 Å². The first-order valence-electron chi connectivity index (χ1n) is 5.31. The number of carboxylic acids is 1. The van der Waals surface area contributed by atoms with Gasteiger partial charge in [0, 0.05) is 24.7 Å². The van der Waals surface area contributed by atoms with Crippen molar-refractivity contribution in [1.82, 2.24) is 10.2 Å².